The van der Waals surface area contributed by atoms with E-state index >= 15 is 0 Å². The summed E-state index contributed by atoms with van der Waals surface area (Å²) in [5, 5.41) is 11.3. The van der Waals surface area contributed by atoms with E-state index in [0.717, 1.165) is 0 Å². The van der Waals surface area contributed by atoms with Gasteiger partial charge >= 0.3 is 0 Å². The van der Waals surface area contributed by atoms with Crippen LogP contribution in [0.3, 0.4) is 0 Å². The number of amides is 2. The van der Waals surface area contributed by atoms with E-state index in [2.05, 4.69) is 29.9 Å². The molecule has 6 heteroatoms. The molecule has 0 aromatic heterocycles. The van der Waals surface area contributed by atoms with Gasteiger partial charge in [-0.05, 0) is 39.0 Å². The molecule has 0 spiro atoms. The minimum Gasteiger partial charge on any atom is -0.271 e. The first-order chi connectivity index (χ1) is 13.5. The van der Waals surface area contributed by atoms with Crippen LogP contribution in [0.2, 0.25) is 0 Å². The zero-order valence-corrected chi connectivity index (χ0v) is 16.4. The summed E-state index contributed by atoms with van der Waals surface area (Å²) in [7, 11) is 0. The molecular weight excluding hydrogens is 352 g/mol. The molecule has 1 unspecified atom stereocenters. The van der Waals surface area contributed by atoms with E-state index < -0.39 is 5.92 Å². The highest BCUT2D eigenvalue weighted by Gasteiger charge is 2.36. The molecule has 28 heavy (non-hydrogen) atoms. The summed E-state index contributed by atoms with van der Waals surface area (Å²) >= 11 is 0. The molecule has 0 bridgehead atoms. The van der Waals surface area contributed by atoms with Gasteiger partial charge in [-0.3, -0.25) is 9.59 Å². The second-order valence-corrected chi connectivity index (χ2v) is 6.01. The Morgan fingerprint density at radius 2 is 1.75 bits per heavy atom. The number of rotatable bonds is 4. The molecule has 0 aliphatic carbocycles. The second-order valence-electron chi connectivity index (χ2n) is 6.01. The van der Waals surface area contributed by atoms with Gasteiger partial charge in [-0.25, -0.2) is 0 Å². The maximum absolute atomic E-state index is 12.8. The van der Waals surface area contributed by atoms with Crippen LogP contribution in [0, 0.1) is 5.92 Å². The minimum absolute atomic E-state index is 0.185. The second kappa shape index (κ2) is 8.90. The highest BCUT2D eigenvalue weighted by atomic mass is 16.2. The van der Waals surface area contributed by atoms with Gasteiger partial charge in [-0.15, -0.1) is 13.2 Å². The number of hydrogen-bond donors (Lipinski definition) is 0. The molecule has 6 nitrogen and oxygen atoms in total. The average molecular weight is 376 g/mol. The average Bonchev–Trinajstić information content (AvgIpc) is 3.16. The molecule has 144 valence electrons. The van der Waals surface area contributed by atoms with Crippen LogP contribution >= 0.6 is 0 Å². The highest BCUT2D eigenvalue weighted by Crippen LogP contribution is 2.27. The monoisotopic (exact) mass is 376 g/mol. The molecule has 2 aliphatic heterocycles. The first-order valence-corrected chi connectivity index (χ1v) is 8.82. The van der Waals surface area contributed by atoms with Crippen LogP contribution in [-0.4, -0.2) is 28.2 Å². The van der Waals surface area contributed by atoms with Crippen molar-refractivity contribution in [3.05, 3.63) is 79.6 Å². The fourth-order valence-corrected chi connectivity index (χ4v) is 2.90. The van der Waals surface area contributed by atoms with Gasteiger partial charge in [-0.1, -0.05) is 36.9 Å². The molecule has 2 aliphatic rings. The molecule has 0 radical (unpaired) electrons. The Labute approximate surface area is 165 Å². The van der Waals surface area contributed by atoms with E-state index in [1.165, 1.54) is 10.0 Å². The van der Waals surface area contributed by atoms with Crippen molar-refractivity contribution in [1.82, 2.24) is 5.01 Å². The van der Waals surface area contributed by atoms with Gasteiger partial charge < -0.3 is 0 Å². The summed E-state index contributed by atoms with van der Waals surface area (Å²) in [6.07, 6.45) is 4.99. The Kier molecular flexibility index (Phi) is 6.60. The van der Waals surface area contributed by atoms with Gasteiger partial charge in [0.1, 0.15) is 0 Å². The molecule has 1 aromatic rings. The van der Waals surface area contributed by atoms with E-state index in [1.807, 2.05) is 37.3 Å². The fraction of sp³-hybridized carbons (Fsp3) is 0.182. The number of allylic oxidation sites excluding steroid dienone is 2. The quantitative estimate of drug-likeness (QED) is 0.452. The number of hydrazone groups is 2. The zero-order chi connectivity index (χ0) is 20.8. The minimum atomic E-state index is -0.586. The third-order valence-electron chi connectivity index (χ3n) is 4.33. The smallest absolute Gasteiger partial charge is 0.271 e. The molecule has 1 atom stereocenters. The number of hydrogen-bond acceptors (Lipinski definition) is 4. The van der Waals surface area contributed by atoms with Crippen LogP contribution in [0.25, 0.3) is 0 Å². The lowest BCUT2D eigenvalue weighted by atomic mass is 9.98. The van der Waals surface area contributed by atoms with E-state index in [1.54, 1.807) is 32.1 Å². The Morgan fingerprint density at radius 3 is 2.32 bits per heavy atom. The van der Waals surface area contributed by atoms with E-state index in [9.17, 15) is 9.59 Å². The van der Waals surface area contributed by atoms with Crippen LogP contribution in [0.5, 0.6) is 0 Å². The Morgan fingerprint density at radius 1 is 1.11 bits per heavy atom. The van der Waals surface area contributed by atoms with Gasteiger partial charge in [-0.2, -0.15) is 20.2 Å². The first kappa shape index (κ1) is 20.8. The Bertz CT molecular complexity index is 910. The summed E-state index contributed by atoms with van der Waals surface area (Å²) in [4.78, 5) is 25.5. The van der Waals surface area contributed by atoms with Crippen LogP contribution in [0.1, 0.15) is 20.8 Å². The summed E-state index contributed by atoms with van der Waals surface area (Å²) < 4.78 is 0. The number of para-hydroxylation sites is 1. The van der Waals surface area contributed by atoms with Gasteiger partial charge in [0.15, 0.2) is 0 Å². The SMILES string of the molecule is C=C.C=C/C(=C\C)N1N=C(C)/C(=C\C2C(=O)N(c3ccccc3)N=C2C)C1=O. The van der Waals surface area contributed by atoms with Crippen LogP contribution in [0.4, 0.5) is 5.69 Å². The zero-order valence-electron chi connectivity index (χ0n) is 16.4. The molecule has 0 N–H and O–H groups in total. The molecule has 0 fully saturated rings. The van der Waals surface area contributed by atoms with Crippen molar-refractivity contribution < 1.29 is 9.59 Å². The van der Waals surface area contributed by atoms with Crippen molar-refractivity contribution in [2.75, 3.05) is 5.01 Å². The van der Waals surface area contributed by atoms with Crippen molar-refractivity contribution >= 4 is 28.9 Å². The lowest BCUT2D eigenvalue weighted by Gasteiger charge is -2.13. The van der Waals surface area contributed by atoms with Crippen molar-refractivity contribution in [3.8, 4) is 0 Å². The summed E-state index contributed by atoms with van der Waals surface area (Å²) in [6, 6.07) is 9.22. The molecule has 3 rings (SSSR count). The molecule has 2 heterocycles. The normalized spacial score (nSPS) is 20.8. The largest absolute Gasteiger partial charge is 0.280 e. The Balaban J connectivity index is 0.00000136. The van der Waals surface area contributed by atoms with Gasteiger partial charge in [0.2, 0.25) is 0 Å². The van der Waals surface area contributed by atoms with E-state index in [0.29, 0.717) is 28.4 Å². The summed E-state index contributed by atoms with van der Waals surface area (Å²) in [5.74, 6) is -1.04. The van der Waals surface area contributed by atoms with Crippen molar-refractivity contribution in [2.24, 2.45) is 16.1 Å². The third kappa shape index (κ3) is 3.76. The number of benzene rings is 1. The third-order valence-corrected chi connectivity index (χ3v) is 4.33. The van der Waals surface area contributed by atoms with Crippen LogP contribution in [-0.2, 0) is 9.59 Å². The van der Waals surface area contributed by atoms with Gasteiger partial charge in [0, 0.05) is 0 Å². The van der Waals surface area contributed by atoms with Gasteiger partial charge in [0.25, 0.3) is 11.8 Å². The fourth-order valence-electron chi connectivity index (χ4n) is 2.90. The van der Waals surface area contributed by atoms with Crippen LogP contribution in [0.15, 0.2) is 89.8 Å². The predicted molar refractivity (Wildman–Crippen MR) is 114 cm³/mol. The molecule has 0 saturated heterocycles. The maximum Gasteiger partial charge on any atom is 0.280 e. The Hall–Kier alpha value is -3.54. The van der Waals surface area contributed by atoms with Crippen molar-refractivity contribution in [2.45, 2.75) is 20.8 Å². The predicted octanol–water partition coefficient (Wildman–Crippen LogP) is 4.06. The molecule has 2 amide bonds. The van der Waals surface area contributed by atoms with E-state index in [-0.39, 0.29) is 11.8 Å². The topological polar surface area (TPSA) is 65.3 Å². The summed E-state index contributed by atoms with van der Waals surface area (Å²) in [5.41, 5.74) is 2.92. The lowest BCUT2D eigenvalue weighted by molar-refractivity contribution is -0.123. The molecule has 0 saturated carbocycles. The molecular formula is C22H24N4O2. The summed E-state index contributed by atoms with van der Waals surface area (Å²) in [6.45, 7) is 15.0. The van der Waals surface area contributed by atoms with Crippen molar-refractivity contribution in [3.63, 3.8) is 0 Å². The number of nitrogens with zero attached hydrogens (tertiary/aromatic N) is 4. The number of carbonyl (C=O) groups is 2. The van der Waals surface area contributed by atoms with Gasteiger partial charge in [0.05, 0.1) is 34.3 Å². The standard InChI is InChI=1S/C20H20N4O2.C2H4/c1-5-15(6-2)23-19(25)17(13(3)21-23)12-18-14(4)22-24(20(18)26)16-10-8-7-9-11-16;1-2/h5-12,18H,1H2,2-4H3;1-2H2/b15-6+,17-12+;. The van der Waals surface area contributed by atoms with E-state index in [4.69, 9.17) is 0 Å². The highest BCUT2D eigenvalue weighted by molar-refractivity contribution is 6.26. The maximum atomic E-state index is 12.8. The van der Waals surface area contributed by atoms with Crippen molar-refractivity contribution in [1.29, 1.82) is 0 Å². The molecule has 1 aromatic carbocycles. The number of anilines is 1. The van der Waals surface area contributed by atoms with Crippen LogP contribution < -0.4 is 5.01 Å². The number of carbonyl (C=O) groups excluding carboxylic acids is 2. The first-order valence-electron chi connectivity index (χ1n) is 8.82. The lowest BCUT2D eigenvalue weighted by Crippen LogP contribution is -2.27.